The summed E-state index contributed by atoms with van der Waals surface area (Å²) < 4.78 is 12.1. The third-order valence-corrected chi connectivity index (χ3v) is 8.69. The van der Waals surface area contributed by atoms with Crippen molar-refractivity contribution in [3.8, 4) is 17.0 Å². The fourth-order valence-electron chi connectivity index (χ4n) is 6.11. The fraction of sp³-hybridized carbons (Fsp3) is 0.432. The smallest absolute Gasteiger partial charge is 0.408 e. The van der Waals surface area contributed by atoms with E-state index in [9.17, 15) is 24.3 Å². The molecule has 1 aromatic heterocycles. The molecule has 48 heavy (non-hydrogen) atoms. The number of carbonyl (C=O) groups is 4. The van der Waals surface area contributed by atoms with Crippen molar-refractivity contribution in [3.63, 3.8) is 0 Å². The first kappa shape index (κ1) is 34.4. The number of benzene rings is 2. The number of carbonyl (C=O) groups excluding carboxylic acids is 3. The van der Waals surface area contributed by atoms with Crippen LogP contribution < -0.4 is 15.4 Å². The number of nitrogens with zero attached hydrogens (tertiary/aromatic N) is 2. The van der Waals surface area contributed by atoms with Gasteiger partial charge in [0, 0.05) is 29.4 Å². The van der Waals surface area contributed by atoms with Gasteiger partial charge in [0.1, 0.15) is 35.1 Å². The fourth-order valence-corrected chi connectivity index (χ4v) is 6.11. The second-order valence-corrected chi connectivity index (χ2v) is 14.6. The van der Waals surface area contributed by atoms with Crippen LogP contribution in [0.15, 0.2) is 73.3 Å². The Kier molecular flexibility index (Phi) is 9.27. The SMILES string of the molecule is C=C[C@@H]1C[C@]1(NC(=O)[C@H]1C[C@@H](Oc2cc(-c3ccccc3)nc3ccccc23)CN1C(=O)[C@@H](NC(=O)OC(C)(C)C)C(C)(C)C)C(=O)O. The molecular weight excluding hydrogens is 612 g/mol. The first-order valence-corrected chi connectivity index (χ1v) is 16.1. The van der Waals surface area contributed by atoms with Crippen molar-refractivity contribution < 1.29 is 33.8 Å². The molecule has 0 spiro atoms. The zero-order valence-corrected chi connectivity index (χ0v) is 28.3. The molecule has 2 fully saturated rings. The summed E-state index contributed by atoms with van der Waals surface area (Å²) in [6, 6.07) is 16.9. The van der Waals surface area contributed by atoms with Crippen LogP contribution in [0.1, 0.15) is 54.4 Å². The van der Waals surface area contributed by atoms with E-state index in [0.29, 0.717) is 11.4 Å². The number of aliphatic carboxylic acids is 1. The summed E-state index contributed by atoms with van der Waals surface area (Å²) in [5.41, 5.74) is -0.742. The molecule has 1 aliphatic carbocycles. The molecule has 11 nitrogen and oxygen atoms in total. The first-order valence-electron chi connectivity index (χ1n) is 16.1. The Hall–Kier alpha value is -4.93. The van der Waals surface area contributed by atoms with Gasteiger partial charge in [-0.3, -0.25) is 9.59 Å². The Morgan fingerprint density at radius 2 is 1.71 bits per heavy atom. The molecule has 1 saturated heterocycles. The molecular formula is C37H44N4O7. The van der Waals surface area contributed by atoms with Gasteiger partial charge in [0.2, 0.25) is 11.8 Å². The summed E-state index contributed by atoms with van der Waals surface area (Å²) in [5, 5.41) is 16.2. The zero-order chi connectivity index (χ0) is 35.0. The molecule has 11 heteroatoms. The van der Waals surface area contributed by atoms with Crippen LogP contribution in [-0.4, -0.2) is 74.7 Å². The summed E-state index contributed by atoms with van der Waals surface area (Å²) in [6.45, 7) is 14.3. The number of likely N-dealkylation sites (tertiary alicyclic amines) is 1. The van der Waals surface area contributed by atoms with Gasteiger partial charge in [0.05, 0.1) is 17.8 Å². The highest BCUT2D eigenvalue weighted by Crippen LogP contribution is 2.45. The Labute approximate surface area is 280 Å². The number of alkyl carbamates (subject to hydrolysis) is 1. The van der Waals surface area contributed by atoms with Crippen molar-refractivity contribution in [1.29, 1.82) is 0 Å². The van der Waals surface area contributed by atoms with Gasteiger partial charge < -0.3 is 30.1 Å². The van der Waals surface area contributed by atoms with E-state index in [-0.39, 0.29) is 19.4 Å². The molecule has 2 heterocycles. The molecule has 1 saturated carbocycles. The highest BCUT2D eigenvalue weighted by molar-refractivity contribution is 5.96. The second-order valence-electron chi connectivity index (χ2n) is 14.6. The zero-order valence-electron chi connectivity index (χ0n) is 28.3. The van der Waals surface area contributed by atoms with E-state index in [1.54, 1.807) is 41.5 Å². The van der Waals surface area contributed by atoms with Gasteiger partial charge >= 0.3 is 12.1 Å². The number of hydrogen-bond acceptors (Lipinski definition) is 7. The molecule has 2 aromatic carbocycles. The Balaban J connectivity index is 1.48. The van der Waals surface area contributed by atoms with Crippen LogP contribution in [0, 0.1) is 11.3 Å². The van der Waals surface area contributed by atoms with Crippen molar-refractivity contribution in [1.82, 2.24) is 20.5 Å². The largest absolute Gasteiger partial charge is 0.488 e. The number of nitrogens with one attached hydrogen (secondary N) is 2. The monoisotopic (exact) mass is 656 g/mol. The van der Waals surface area contributed by atoms with Crippen molar-refractivity contribution in [3.05, 3.63) is 73.3 Å². The average Bonchev–Trinajstić information content (AvgIpc) is 3.58. The van der Waals surface area contributed by atoms with Gasteiger partial charge in [-0.2, -0.15) is 0 Å². The number of carboxylic acids is 1. The first-order chi connectivity index (χ1) is 22.5. The number of para-hydroxylation sites is 1. The van der Waals surface area contributed by atoms with Crippen LogP contribution in [0.5, 0.6) is 5.75 Å². The molecule has 3 amide bonds. The van der Waals surface area contributed by atoms with Crippen LogP contribution in [0.25, 0.3) is 22.2 Å². The lowest BCUT2D eigenvalue weighted by atomic mass is 9.85. The Morgan fingerprint density at radius 3 is 2.31 bits per heavy atom. The average molecular weight is 657 g/mol. The summed E-state index contributed by atoms with van der Waals surface area (Å²) in [4.78, 5) is 59.6. The molecule has 0 bridgehead atoms. The van der Waals surface area contributed by atoms with Gasteiger partial charge in [0.25, 0.3) is 0 Å². The molecule has 3 aromatic rings. The minimum Gasteiger partial charge on any atom is -0.488 e. The topological polar surface area (TPSA) is 147 Å². The molecule has 0 radical (unpaired) electrons. The van der Waals surface area contributed by atoms with Gasteiger partial charge in [0.15, 0.2) is 0 Å². The number of ether oxygens (including phenoxy) is 2. The molecule has 5 atom stereocenters. The maximum atomic E-state index is 14.4. The molecule has 1 aliphatic heterocycles. The molecule has 0 unspecified atom stereocenters. The van der Waals surface area contributed by atoms with E-state index >= 15 is 0 Å². The van der Waals surface area contributed by atoms with Gasteiger partial charge in [-0.1, -0.05) is 69.3 Å². The number of pyridine rings is 1. The van der Waals surface area contributed by atoms with E-state index in [0.717, 1.165) is 16.5 Å². The third-order valence-electron chi connectivity index (χ3n) is 8.69. The number of aromatic nitrogens is 1. The van der Waals surface area contributed by atoms with E-state index in [2.05, 4.69) is 17.2 Å². The number of hydrogen-bond donors (Lipinski definition) is 3. The lowest BCUT2D eigenvalue weighted by Gasteiger charge is -2.35. The third kappa shape index (κ3) is 7.30. The van der Waals surface area contributed by atoms with E-state index in [1.807, 2.05) is 60.7 Å². The highest BCUT2D eigenvalue weighted by Gasteiger charge is 2.61. The Bertz CT molecular complexity index is 1730. The lowest BCUT2D eigenvalue weighted by molar-refractivity contribution is -0.146. The maximum absolute atomic E-state index is 14.4. The summed E-state index contributed by atoms with van der Waals surface area (Å²) >= 11 is 0. The second kappa shape index (κ2) is 12.9. The van der Waals surface area contributed by atoms with Crippen LogP contribution in [0.3, 0.4) is 0 Å². The molecule has 5 rings (SSSR count). The van der Waals surface area contributed by atoms with E-state index in [4.69, 9.17) is 14.5 Å². The minimum absolute atomic E-state index is 0.0157. The number of rotatable bonds is 9. The van der Waals surface area contributed by atoms with Gasteiger partial charge in [-0.15, -0.1) is 6.58 Å². The molecule has 254 valence electrons. The Morgan fingerprint density at radius 1 is 1.04 bits per heavy atom. The van der Waals surface area contributed by atoms with Crippen LogP contribution in [0.4, 0.5) is 4.79 Å². The highest BCUT2D eigenvalue weighted by atomic mass is 16.6. The summed E-state index contributed by atoms with van der Waals surface area (Å²) in [7, 11) is 0. The molecule has 3 N–H and O–H groups in total. The molecule has 2 aliphatic rings. The van der Waals surface area contributed by atoms with Crippen LogP contribution in [0.2, 0.25) is 0 Å². The predicted octanol–water partition coefficient (Wildman–Crippen LogP) is 5.34. The van der Waals surface area contributed by atoms with Crippen molar-refractivity contribution >= 4 is 34.8 Å². The van der Waals surface area contributed by atoms with Crippen LogP contribution in [-0.2, 0) is 19.1 Å². The predicted molar refractivity (Wildman–Crippen MR) is 181 cm³/mol. The number of amides is 3. The quantitative estimate of drug-likeness (QED) is 0.262. The minimum atomic E-state index is -1.49. The summed E-state index contributed by atoms with van der Waals surface area (Å²) in [5.74, 6) is -2.19. The lowest BCUT2D eigenvalue weighted by Crippen LogP contribution is -2.59. The standard InChI is InChI=1S/C37H44N4O7/c1-8-23-20-37(23,33(44)45)40-31(42)28-18-24(21-41(28)32(43)30(35(2,3)4)39-34(46)48-36(5,6)7)47-29-19-27(22-14-10-9-11-15-22)38-26-17-13-12-16-25(26)29/h8-17,19,23-24,28,30H,1,18,20-21H2,2-7H3,(H,39,46)(H,40,42)(H,44,45)/t23-,24-,28-,30-,37-/m1/s1. The van der Waals surface area contributed by atoms with Gasteiger partial charge in [-0.25, -0.2) is 14.6 Å². The number of carboxylic acid groups (broad SMARTS) is 1. The van der Waals surface area contributed by atoms with Crippen molar-refractivity contribution in [2.45, 2.75) is 83.7 Å². The summed E-state index contributed by atoms with van der Waals surface area (Å²) in [6.07, 6.45) is 0.395. The van der Waals surface area contributed by atoms with Gasteiger partial charge in [-0.05, 0) is 44.7 Å². The van der Waals surface area contributed by atoms with E-state index < -0.39 is 64.5 Å². The maximum Gasteiger partial charge on any atom is 0.408 e. The van der Waals surface area contributed by atoms with Crippen LogP contribution >= 0.6 is 0 Å². The van der Waals surface area contributed by atoms with Crippen molar-refractivity contribution in [2.24, 2.45) is 11.3 Å². The van der Waals surface area contributed by atoms with Crippen molar-refractivity contribution in [2.75, 3.05) is 6.54 Å². The van der Waals surface area contributed by atoms with E-state index in [1.165, 1.54) is 11.0 Å². The normalized spacial score (nSPS) is 22.8. The number of fused-ring (bicyclic) bond motifs is 1.